The number of benzene rings is 2. The summed E-state index contributed by atoms with van der Waals surface area (Å²) in [6, 6.07) is 13.9. The zero-order chi connectivity index (χ0) is 19.2. The standard InChI is InChI=1S/C20H17Cl2N3O2/c21-16-3-1-15(2-4-16)19(26)9-10-20(27)23-11-14-12-24-25(13-14)18-7-5-17(22)6-8-18/h1-8,12-13H,9-11H2,(H,23,27). The minimum absolute atomic E-state index is 0.0858. The molecule has 0 atom stereocenters. The zero-order valence-electron chi connectivity index (χ0n) is 14.4. The highest BCUT2D eigenvalue weighted by Crippen LogP contribution is 2.14. The van der Waals surface area contributed by atoms with E-state index in [4.69, 9.17) is 23.2 Å². The molecule has 3 rings (SSSR count). The number of ketones is 1. The van der Waals surface area contributed by atoms with Gasteiger partial charge in [0.1, 0.15) is 0 Å². The third-order valence-corrected chi connectivity index (χ3v) is 4.47. The summed E-state index contributed by atoms with van der Waals surface area (Å²) in [7, 11) is 0. The SMILES string of the molecule is O=C(CCC(=O)c1ccc(Cl)cc1)NCc1cnn(-c2ccc(Cl)cc2)c1. The first-order valence-electron chi connectivity index (χ1n) is 8.36. The van der Waals surface area contributed by atoms with E-state index in [0.717, 1.165) is 11.3 Å². The molecule has 0 bridgehead atoms. The van der Waals surface area contributed by atoms with Crippen LogP contribution in [0.5, 0.6) is 0 Å². The molecular weight excluding hydrogens is 385 g/mol. The van der Waals surface area contributed by atoms with Crippen molar-refractivity contribution in [3.63, 3.8) is 0 Å². The summed E-state index contributed by atoms with van der Waals surface area (Å²) in [6.45, 7) is 0.349. The number of nitrogens with zero attached hydrogens (tertiary/aromatic N) is 2. The maximum Gasteiger partial charge on any atom is 0.220 e. The topological polar surface area (TPSA) is 64.0 Å². The Bertz CT molecular complexity index is 935. The molecule has 3 aromatic rings. The minimum atomic E-state index is -0.184. The average molecular weight is 402 g/mol. The molecule has 5 nitrogen and oxygen atoms in total. The highest BCUT2D eigenvalue weighted by molar-refractivity contribution is 6.30. The largest absolute Gasteiger partial charge is 0.352 e. The molecule has 0 fully saturated rings. The molecule has 1 N–H and O–H groups in total. The van der Waals surface area contributed by atoms with Gasteiger partial charge in [0.25, 0.3) is 0 Å². The number of hydrogen-bond acceptors (Lipinski definition) is 3. The molecule has 0 aliphatic heterocycles. The Kier molecular flexibility index (Phi) is 6.27. The minimum Gasteiger partial charge on any atom is -0.352 e. The molecule has 0 aliphatic carbocycles. The Morgan fingerprint density at radius 3 is 2.22 bits per heavy atom. The van der Waals surface area contributed by atoms with E-state index < -0.39 is 0 Å². The Morgan fingerprint density at radius 2 is 1.56 bits per heavy atom. The Labute approximate surface area is 166 Å². The smallest absolute Gasteiger partial charge is 0.220 e. The summed E-state index contributed by atoms with van der Waals surface area (Å²) in [5, 5.41) is 8.31. The molecule has 0 unspecified atom stereocenters. The van der Waals surface area contributed by atoms with Gasteiger partial charge in [0.2, 0.25) is 5.91 Å². The molecule has 1 aromatic heterocycles. The lowest BCUT2D eigenvalue weighted by Crippen LogP contribution is -2.23. The average Bonchev–Trinajstić information content (AvgIpc) is 3.14. The third kappa shape index (κ3) is 5.42. The third-order valence-electron chi connectivity index (χ3n) is 3.96. The van der Waals surface area contributed by atoms with Gasteiger partial charge in [0, 0.05) is 46.8 Å². The predicted molar refractivity (Wildman–Crippen MR) is 105 cm³/mol. The quantitative estimate of drug-likeness (QED) is 0.594. The van der Waals surface area contributed by atoms with Crippen molar-refractivity contribution in [1.29, 1.82) is 0 Å². The van der Waals surface area contributed by atoms with Crippen LogP contribution in [-0.2, 0) is 11.3 Å². The number of aromatic nitrogens is 2. The van der Waals surface area contributed by atoms with Gasteiger partial charge in [0.15, 0.2) is 5.78 Å². The normalized spacial score (nSPS) is 10.6. The van der Waals surface area contributed by atoms with E-state index in [0.29, 0.717) is 22.2 Å². The number of amides is 1. The molecule has 0 saturated heterocycles. The van der Waals surface area contributed by atoms with Crippen molar-refractivity contribution in [3.05, 3.63) is 82.1 Å². The highest BCUT2D eigenvalue weighted by atomic mass is 35.5. The van der Waals surface area contributed by atoms with Crippen molar-refractivity contribution in [2.75, 3.05) is 0 Å². The zero-order valence-corrected chi connectivity index (χ0v) is 15.9. The van der Waals surface area contributed by atoms with E-state index in [1.54, 1.807) is 47.3 Å². The second kappa shape index (κ2) is 8.84. The van der Waals surface area contributed by atoms with Gasteiger partial charge in [-0.1, -0.05) is 23.2 Å². The predicted octanol–water partition coefficient (Wildman–Crippen LogP) is 4.46. The van der Waals surface area contributed by atoms with E-state index in [2.05, 4.69) is 10.4 Å². The first-order chi connectivity index (χ1) is 13.0. The van der Waals surface area contributed by atoms with Crippen LogP contribution in [0.1, 0.15) is 28.8 Å². The van der Waals surface area contributed by atoms with E-state index in [9.17, 15) is 9.59 Å². The number of nitrogens with one attached hydrogen (secondary N) is 1. The molecule has 27 heavy (non-hydrogen) atoms. The first-order valence-corrected chi connectivity index (χ1v) is 9.12. The molecule has 2 aromatic carbocycles. The Hall–Kier alpha value is -2.63. The second-order valence-corrected chi connectivity index (χ2v) is 6.85. The highest BCUT2D eigenvalue weighted by Gasteiger charge is 2.10. The molecule has 1 amide bonds. The molecule has 0 spiro atoms. The number of carbonyl (C=O) groups is 2. The molecule has 1 heterocycles. The van der Waals surface area contributed by atoms with Gasteiger partial charge >= 0.3 is 0 Å². The monoisotopic (exact) mass is 401 g/mol. The fourth-order valence-corrected chi connectivity index (χ4v) is 2.73. The lowest BCUT2D eigenvalue weighted by Gasteiger charge is -2.04. The van der Waals surface area contributed by atoms with Crippen molar-refractivity contribution < 1.29 is 9.59 Å². The van der Waals surface area contributed by atoms with Gasteiger partial charge in [-0.3, -0.25) is 9.59 Å². The molecule has 0 aliphatic rings. The van der Waals surface area contributed by atoms with Gasteiger partial charge in [-0.25, -0.2) is 4.68 Å². The number of hydrogen-bond donors (Lipinski definition) is 1. The summed E-state index contributed by atoms with van der Waals surface area (Å²) in [4.78, 5) is 24.1. The molecule has 0 radical (unpaired) electrons. The molecule has 138 valence electrons. The van der Waals surface area contributed by atoms with Crippen LogP contribution in [0.15, 0.2) is 60.9 Å². The van der Waals surface area contributed by atoms with Crippen molar-refractivity contribution in [2.45, 2.75) is 19.4 Å². The van der Waals surface area contributed by atoms with E-state index >= 15 is 0 Å². The van der Waals surface area contributed by atoms with E-state index in [1.807, 2.05) is 18.3 Å². The van der Waals surface area contributed by atoms with Crippen LogP contribution in [0.3, 0.4) is 0 Å². The van der Waals surface area contributed by atoms with Crippen LogP contribution in [-0.4, -0.2) is 21.5 Å². The summed E-state index contributed by atoms with van der Waals surface area (Å²) < 4.78 is 1.71. The molecular formula is C20H17Cl2N3O2. The fraction of sp³-hybridized carbons (Fsp3) is 0.150. The van der Waals surface area contributed by atoms with Gasteiger partial charge in [0.05, 0.1) is 11.9 Å². The van der Waals surface area contributed by atoms with Crippen LogP contribution in [0, 0.1) is 0 Å². The summed E-state index contributed by atoms with van der Waals surface area (Å²) in [5.41, 5.74) is 2.30. The molecule has 7 heteroatoms. The maximum absolute atomic E-state index is 12.1. The summed E-state index contributed by atoms with van der Waals surface area (Å²) >= 11 is 11.7. The van der Waals surface area contributed by atoms with Crippen LogP contribution in [0.2, 0.25) is 10.0 Å². The van der Waals surface area contributed by atoms with Crippen molar-refractivity contribution in [2.24, 2.45) is 0 Å². The van der Waals surface area contributed by atoms with Crippen molar-refractivity contribution in [1.82, 2.24) is 15.1 Å². The van der Waals surface area contributed by atoms with Crippen LogP contribution in [0.4, 0.5) is 0 Å². The Balaban J connectivity index is 1.47. The first kappa shape index (κ1) is 19.1. The number of carbonyl (C=O) groups excluding carboxylic acids is 2. The van der Waals surface area contributed by atoms with E-state index in [-0.39, 0.29) is 24.5 Å². The lowest BCUT2D eigenvalue weighted by atomic mass is 10.1. The Morgan fingerprint density at radius 1 is 0.926 bits per heavy atom. The summed E-state index contributed by atoms with van der Waals surface area (Å²) in [6.07, 6.45) is 3.81. The van der Waals surface area contributed by atoms with Crippen molar-refractivity contribution in [3.8, 4) is 5.69 Å². The van der Waals surface area contributed by atoms with E-state index in [1.165, 1.54) is 0 Å². The van der Waals surface area contributed by atoms with Gasteiger partial charge in [-0.15, -0.1) is 0 Å². The second-order valence-electron chi connectivity index (χ2n) is 5.98. The number of Topliss-reactive ketones (excluding diaryl/α,β-unsaturated/α-hetero) is 1. The van der Waals surface area contributed by atoms with Crippen LogP contribution < -0.4 is 5.32 Å². The summed E-state index contributed by atoms with van der Waals surface area (Å²) in [5.74, 6) is -0.270. The van der Waals surface area contributed by atoms with Crippen molar-refractivity contribution >= 4 is 34.9 Å². The van der Waals surface area contributed by atoms with Crippen LogP contribution >= 0.6 is 23.2 Å². The number of rotatable bonds is 7. The number of halogens is 2. The van der Waals surface area contributed by atoms with Gasteiger partial charge < -0.3 is 5.32 Å². The molecule has 0 saturated carbocycles. The fourth-order valence-electron chi connectivity index (χ4n) is 2.48. The lowest BCUT2D eigenvalue weighted by molar-refractivity contribution is -0.121. The van der Waals surface area contributed by atoms with Gasteiger partial charge in [-0.2, -0.15) is 5.10 Å². The van der Waals surface area contributed by atoms with Crippen LogP contribution in [0.25, 0.3) is 5.69 Å². The van der Waals surface area contributed by atoms with Gasteiger partial charge in [-0.05, 0) is 48.5 Å². The maximum atomic E-state index is 12.1.